The van der Waals surface area contributed by atoms with Crippen molar-refractivity contribution in [1.82, 2.24) is 5.32 Å². The maximum atomic E-state index is 5.40. The molecule has 16 heavy (non-hydrogen) atoms. The van der Waals surface area contributed by atoms with E-state index in [4.69, 9.17) is 4.42 Å². The van der Waals surface area contributed by atoms with E-state index in [-0.39, 0.29) is 6.04 Å². The van der Waals surface area contributed by atoms with Crippen LogP contribution < -0.4 is 5.32 Å². The summed E-state index contributed by atoms with van der Waals surface area (Å²) in [5.74, 6) is 0.940. The number of nitrogens with one attached hydrogen (secondary N) is 1. The predicted octanol–water partition coefficient (Wildman–Crippen LogP) is 4.72. The van der Waals surface area contributed by atoms with Crippen LogP contribution in [0.3, 0.4) is 0 Å². The highest BCUT2D eigenvalue weighted by Gasteiger charge is 2.12. The van der Waals surface area contributed by atoms with Gasteiger partial charge in [-0.25, -0.2) is 0 Å². The fourth-order valence-corrected chi connectivity index (χ4v) is 3.39. The third kappa shape index (κ3) is 2.97. The molecule has 2 aromatic rings. The smallest absolute Gasteiger partial charge is 0.134 e. The van der Waals surface area contributed by atoms with Crippen LogP contribution in [0.5, 0.6) is 0 Å². The molecule has 1 N–H and O–H groups in total. The minimum absolute atomic E-state index is 0.199. The Morgan fingerprint density at radius 1 is 1.38 bits per heavy atom. The number of halogens is 2. The fourth-order valence-electron chi connectivity index (χ4n) is 1.41. The Morgan fingerprint density at radius 2 is 2.19 bits per heavy atom. The molecule has 0 aliphatic rings. The number of thiophene rings is 1. The summed E-state index contributed by atoms with van der Waals surface area (Å²) in [5, 5.41) is 3.42. The summed E-state index contributed by atoms with van der Waals surface area (Å²) in [5.41, 5.74) is 0. The van der Waals surface area contributed by atoms with Gasteiger partial charge in [-0.3, -0.25) is 0 Å². The third-order valence-electron chi connectivity index (χ3n) is 2.25. The van der Waals surface area contributed by atoms with Crippen LogP contribution in [0.2, 0.25) is 0 Å². The maximum Gasteiger partial charge on any atom is 0.134 e. The first-order chi connectivity index (χ1) is 7.66. The van der Waals surface area contributed by atoms with Crippen molar-refractivity contribution in [2.24, 2.45) is 0 Å². The zero-order valence-electron chi connectivity index (χ0n) is 8.67. The Labute approximate surface area is 115 Å². The average molecular weight is 365 g/mol. The standard InChI is InChI=1S/C11H11Br2NOS/c1-7(11-9(12)4-5-15-11)14-6-8-2-3-10(13)16-8/h2-5,7,14H,6H2,1H3. The van der Waals surface area contributed by atoms with Gasteiger partial charge in [-0.2, -0.15) is 0 Å². The first-order valence-corrected chi connectivity index (χ1v) is 7.27. The lowest BCUT2D eigenvalue weighted by Gasteiger charge is -2.10. The molecule has 0 aliphatic heterocycles. The highest BCUT2D eigenvalue weighted by molar-refractivity contribution is 9.11. The maximum absolute atomic E-state index is 5.40. The molecule has 0 aromatic carbocycles. The molecule has 0 aliphatic carbocycles. The summed E-state index contributed by atoms with van der Waals surface area (Å²) < 4.78 is 7.58. The van der Waals surface area contributed by atoms with Crippen molar-refractivity contribution in [3.63, 3.8) is 0 Å². The zero-order valence-corrected chi connectivity index (χ0v) is 12.7. The predicted molar refractivity (Wildman–Crippen MR) is 73.7 cm³/mol. The lowest BCUT2D eigenvalue weighted by Crippen LogP contribution is -2.17. The molecular weight excluding hydrogens is 354 g/mol. The SMILES string of the molecule is CC(NCc1ccc(Br)s1)c1occc1Br. The highest BCUT2D eigenvalue weighted by atomic mass is 79.9. The summed E-state index contributed by atoms with van der Waals surface area (Å²) in [6.07, 6.45) is 1.69. The van der Waals surface area contributed by atoms with Gasteiger partial charge in [0.25, 0.3) is 0 Å². The van der Waals surface area contributed by atoms with E-state index in [1.165, 1.54) is 4.88 Å². The monoisotopic (exact) mass is 363 g/mol. The Bertz CT molecular complexity index is 466. The molecule has 2 aromatic heterocycles. The van der Waals surface area contributed by atoms with Crippen LogP contribution in [-0.2, 0) is 6.54 Å². The van der Waals surface area contributed by atoms with Crippen molar-refractivity contribution >= 4 is 43.2 Å². The number of hydrogen-bond acceptors (Lipinski definition) is 3. The Balaban J connectivity index is 1.93. The second kappa shape index (κ2) is 5.49. The van der Waals surface area contributed by atoms with Crippen molar-refractivity contribution in [2.75, 3.05) is 0 Å². The summed E-state index contributed by atoms with van der Waals surface area (Å²) in [7, 11) is 0. The number of rotatable bonds is 4. The van der Waals surface area contributed by atoms with Gasteiger partial charge in [-0.15, -0.1) is 11.3 Å². The van der Waals surface area contributed by atoms with Crippen molar-refractivity contribution in [3.8, 4) is 0 Å². The van der Waals surface area contributed by atoms with Crippen LogP contribution in [0.1, 0.15) is 23.6 Å². The van der Waals surface area contributed by atoms with E-state index in [1.807, 2.05) is 6.07 Å². The van der Waals surface area contributed by atoms with Gasteiger partial charge in [0.1, 0.15) is 5.76 Å². The molecule has 2 heterocycles. The Kier molecular flexibility index (Phi) is 4.24. The second-order valence-corrected chi connectivity index (χ2v) is 6.84. The molecule has 1 atom stereocenters. The molecular formula is C11H11Br2NOS. The van der Waals surface area contributed by atoms with Gasteiger partial charge >= 0.3 is 0 Å². The average Bonchev–Trinajstić information content (AvgIpc) is 2.84. The van der Waals surface area contributed by atoms with Crippen molar-refractivity contribution in [3.05, 3.63) is 43.4 Å². The number of furan rings is 1. The van der Waals surface area contributed by atoms with Gasteiger partial charge in [0.15, 0.2) is 0 Å². The topological polar surface area (TPSA) is 25.2 Å². The van der Waals surface area contributed by atoms with E-state index in [9.17, 15) is 0 Å². The van der Waals surface area contributed by atoms with Crippen LogP contribution in [0.15, 0.2) is 37.1 Å². The van der Waals surface area contributed by atoms with Crippen molar-refractivity contribution in [2.45, 2.75) is 19.5 Å². The molecule has 2 nitrogen and oxygen atoms in total. The van der Waals surface area contributed by atoms with Crippen LogP contribution in [0, 0.1) is 0 Å². The van der Waals surface area contributed by atoms with Crippen LogP contribution >= 0.6 is 43.2 Å². The summed E-state index contributed by atoms with van der Waals surface area (Å²) in [6, 6.07) is 6.29. The first-order valence-electron chi connectivity index (χ1n) is 4.87. The van der Waals surface area contributed by atoms with Gasteiger partial charge in [0.05, 0.1) is 20.6 Å². The largest absolute Gasteiger partial charge is 0.466 e. The molecule has 0 saturated heterocycles. The first kappa shape index (κ1) is 12.4. The van der Waals surface area contributed by atoms with Gasteiger partial charge < -0.3 is 9.73 Å². The molecule has 0 bridgehead atoms. The van der Waals surface area contributed by atoms with E-state index in [1.54, 1.807) is 17.6 Å². The second-order valence-electron chi connectivity index (χ2n) is 3.44. The molecule has 1 unspecified atom stereocenters. The van der Waals surface area contributed by atoms with E-state index in [0.717, 1.165) is 20.6 Å². The summed E-state index contributed by atoms with van der Waals surface area (Å²) in [4.78, 5) is 1.31. The molecule has 0 spiro atoms. The molecule has 0 fully saturated rings. The fraction of sp³-hybridized carbons (Fsp3) is 0.273. The van der Waals surface area contributed by atoms with Crippen LogP contribution in [0.4, 0.5) is 0 Å². The quantitative estimate of drug-likeness (QED) is 0.849. The summed E-state index contributed by atoms with van der Waals surface area (Å²) >= 11 is 8.66. The van der Waals surface area contributed by atoms with E-state index in [2.05, 4.69) is 56.2 Å². The van der Waals surface area contributed by atoms with Gasteiger partial charge in [0.2, 0.25) is 0 Å². The van der Waals surface area contributed by atoms with E-state index < -0.39 is 0 Å². The molecule has 5 heteroatoms. The molecule has 86 valence electrons. The normalized spacial score (nSPS) is 12.9. The van der Waals surface area contributed by atoms with Gasteiger partial charge in [-0.1, -0.05) is 0 Å². The van der Waals surface area contributed by atoms with Gasteiger partial charge in [0, 0.05) is 11.4 Å². The molecule has 0 saturated carbocycles. The minimum Gasteiger partial charge on any atom is -0.466 e. The lowest BCUT2D eigenvalue weighted by atomic mass is 10.2. The zero-order chi connectivity index (χ0) is 11.5. The van der Waals surface area contributed by atoms with E-state index in [0.29, 0.717) is 0 Å². The molecule has 0 radical (unpaired) electrons. The summed E-state index contributed by atoms with van der Waals surface area (Å²) in [6.45, 7) is 2.94. The lowest BCUT2D eigenvalue weighted by molar-refractivity contribution is 0.429. The Morgan fingerprint density at radius 3 is 2.75 bits per heavy atom. The highest BCUT2D eigenvalue weighted by Crippen LogP contribution is 2.26. The van der Waals surface area contributed by atoms with Gasteiger partial charge in [-0.05, 0) is 57.0 Å². The minimum atomic E-state index is 0.199. The Hall–Kier alpha value is -0.100. The molecule has 2 rings (SSSR count). The van der Waals surface area contributed by atoms with Crippen molar-refractivity contribution in [1.29, 1.82) is 0 Å². The van der Waals surface area contributed by atoms with Crippen LogP contribution in [-0.4, -0.2) is 0 Å². The van der Waals surface area contributed by atoms with Crippen LogP contribution in [0.25, 0.3) is 0 Å². The molecule has 0 amide bonds. The van der Waals surface area contributed by atoms with Crippen molar-refractivity contribution < 1.29 is 4.42 Å². The van der Waals surface area contributed by atoms with E-state index >= 15 is 0 Å². The number of hydrogen-bond donors (Lipinski definition) is 1. The third-order valence-corrected chi connectivity index (χ3v) is 4.53.